The first-order chi connectivity index (χ1) is 9.68. The van der Waals surface area contributed by atoms with E-state index in [-0.39, 0.29) is 26.4 Å². The molecule has 1 amide bonds. The molecular formula is C12H16Cl2N2O4S. The molecule has 0 radical (unpaired) electrons. The van der Waals surface area contributed by atoms with Gasteiger partial charge >= 0.3 is 0 Å². The van der Waals surface area contributed by atoms with Crippen LogP contribution in [0.4, 0.5) is 0 Å². The van der Waals surface area contributed by atoms with Crippen LogP contribution in [-0.2, 0) is 14.8 Å². The summed E-state index contributed by atoms with van der Waals surface area (Å²) in [5.41, 5.74) is 0.105. The van der Waals surface area contributed by atoms with Crippen LogP contribution >= 0.6 is 23.2 Å². The number of hydrogen-bond acceptors (Lipinski definition) is 4. The van der Waals surface area contributed by atoms with E-state index in [0.29, 0.717) is 19.6 Å². The number of hydrogen-bond donors (Lipinski definition) is 1. The summed E-state index contributed by atoms with van der Waals surface area (Å²) < 4.78 is 27.8. The third-order valence-electron chi connectivity index (χ3n) is 2.74. The minimum Gasteiger partial charge on any atom is -0.385 e. The van der Waals surface area contributed by atoms with E-state index in [1.165, 1.54) is 11.0 Å². The number of nitrogens with two attached hydrogens (primary N) is 1. The molecule has 0 unspecified atom stereocenters. The molecule has 118 valence electrons. The van der Waals surface area contributed by atoms with Gasteiger partial charge in [-0.25, -0.2) is 13.6 Å². The number of primary sulfonamides is 1. The normalized spacial score (nSPS) is 11.5. The molecule has 0 aliphatic heterocycles. The summed E-state index contributed by atoms with van der Waals surface area (Å²) in [4.78, 5) is 13.3. The Morgan fingerprint density at radius 3 is 2.52 bits per heavy atom. The van der Waals surface area contributed by atoms with Crippen molar-refractivity contribution in [2.45, 2.75) is 11.3 Å². The highest BCUT2D eigenvalue weighted by Gasteiger charge is 2.21. The molecular weight excluding hydrogens is 339 g/mol. The number of ether oxygens (including phenoxy) is 1. The van der Waals surface area contributed by atoms with Crippen LogP contribution in [0.25, 0.3) is 0 Å². The van der Waals surface area contributed by atoms with E-state index in [4.69, 9.17) is 33.1 Å². The Labute approximate surface area is 133 Å². The largest absolute Gasteiger partial charge is 0.385 e. The van der Waals surface area contributed by atoms with Crippen molar-refractivity contribution in [1.82, 2.24) is 4.90 Å². The lowest BCUT2D eigenvalue weighted by atomic mass is 10.2. The van der Waals surface area contributed by atoms with Crippen LogP contribution in [0.2, 0.25) is 10.0 Å². The van der Waals surface area contributed by atoms with Gasteiger partial charge in [0.2, 0.25) is 10.0 Å². The minimum atomic E-state index is -4.07. The molecule has 0 spiro atoms. The second-order valence-corrected chi connectivity index (χ2v) is 6.70. The summed E-state index contributed by atoms with van der Waals surface area (Å²) in [5.74, 6) is -0.380. The molecule has 0 atom stereocenters. The van der Waals surface area contributed by atoms with Crippen molar-refractivity contribution in [3.05, 3.63) is 27.7 Å². The van der Waals surface area contributed by atoms with Gasteiger partial charge in [0.1, 0.15) is 4.90 Å². The van der Waals surface area contributed by atoms with Gasteiger partial charge in [-0.2, -0.15) is 0 Å². The predicted octanol–water partition coefficient (Wildman–Crippen LogP) is 1.75. The van der Waals surface area contributed by atoms with Crippen molar-refractivity contribution in [3.8, 4) is 0 Å². The Balaban J connectivity index is 3.09. The van der Waals surface area contributed by atoms with Gasteiger partial charge in [0.15, 0.2) is 0 Å². The molecule has 0 aromatic heterocycles. The van der Waals surface area contributed by atoms with Crippen LogP contribution in [0.1, 0.15) is 16.8 Å². The molecule has 6 nitrogen and oxygen atoms in total. The number of rotatable bonds is 6. The molecule has 0 aliphatic rings. The maximum Gasteiger partial charge on any atom is 0.253 e. The molecule has 0 bridgehead atoms. The van der Waals surface area contributed by atoms with Crippen molar-refractivity contribution in [2.24, 2.45) is 5.14 Å². The van der Waals surface area contributed by atoms with Crippen molar-refractivity contribution in [2.75, 3.05) is 27.3 Å². The summed E-state index contributed by atoms with van der Waals surface area (Å²) in [6.45, 7) is 0.971. The van der Waals surface area contributed by atoms with Gasteiger partial charge in [-0.15, -0.1) is 0 Å². The molecule has 0 saturated heterocycles. The van der Waals surface area contributed by atoms with Crippen molar-refractivity contribution in [3.63, 3.8) is 0 Å². The zero-order chi connectivity index (χ0) is 16.2. The van der Waals surface area contributed by atoms with Gasteiger partial charge in [-0.3, -0.25) is 4.79 Å². The summed E-state index contributed by atoms with van der Waals surface area (Å²) >= 11 is 11.7. The Bertz CT molecular complexity index is 634. The first kappa shape index (κ1) is 18.2. The standard InChI is InChI=1S/C12H16Cl2N2O4S/c1-16(4-3-5-20-2)12(17)8-6-9(13)11(14)10(7-8)21(15,18)19/h6-7H,3-5H2,1-2H3,(H2,15,18,19). The third kappa shape index (κ3) is 4.82. The van der Waals surface area contributed by atoms with Gasteiger partial charge in [0.25, 0.3) is 5.91 Å². The molecule has 0 heterocycles. The van der Waals surface area contributed by atoms with E-state index < -0.39 is 10.0 Å². The summed E-state index contributed by atoms with van der Waals surface area (Å²) in [6, 6.07) is 2.44. The zero-order valence-corrected chi connectivity index (χ0v) is 13.9. The maximum absolute atomic E-state index is 12.2. The van der Waals surface area contributed by atoms with Crippen LogP contribution in [0, 0.1) is 0 Å². The number of halogens is 2. The Morgan fingerprint density at radius 2 is 2.00 bits per heavy atom. The predicted molar refractivity (Wildman–Crippen MR) is 81.3 cm³/mol. The lowest BCUT2D eigenvalue weighted by molar-refractivity contribution is 0.0779. The van der Waals surface area contributed by atoms with Crippen LogP contribution in [0.5, 0.6) is 0 Å². The minimum absolute atomic E-state index is 0.0446. The van der Waals surface area contributed by atoms with Crippen LogP contribution in [0.15, 0.2) is 17.0 Å². The highest BCUT2D eigenvalue weighted by Crippen LogP contribution is 2.30. The van der Waals surface area contributed by atoms with Gasteiger partial charge < -0.3 is 9.64 Å². The van der Waals surface area contributed by atoms with E-state index in [2.05, 4.69) is 0 Å². The molecule has 1 aromatic carbocycles. The van der Waals surface area contributed by atoms with Crippen LogP contribution < -0.4 is 5.14 Å². The maximum atomic E-state index is 12.2. The molecule has 1 rings (SSSR count). The van der Waals surface area contributed by atoms with E-state index in [1.54, 1.807) is 14.2 Å². The summed E-state index contributed by atoms with van der Waals surface area (Å²) in [7, 11) is -0.903. The fourth-order valence-corrected chi connectivity index (χ4v) is 3.02. The van der Waals surface area contributed by atoms with Crippen molar-refractivity contribution < 1.29 is 17.9 Å². The number of carbonyl (C=O) groups is 1. The van der Waals surface area contributed by atoms with Crippen molar-refractivity contribution in [1.29, 1.82) is 0 Å². The average molecular weight is 355 g/mol. The Morgan fingerprint density at radius 1 is 1.38 bits per heavy atom. The summed E-state index contributed by atoms with van der Waals surface area (Å²) in [5, 5.41) is 4.82. The number of amides is 1. The zero-order valence-electron chi connectivity index (χ0n) is 11.6. The molecule has 1 aromatic rings. The first-order valence-electron chi connectivity index (χ1n) is 5.94. The second kappa shape index (κ2) is 7.42. The topological polar surface area (TPSA) is 89.7 Å². The molecule has 0 saturated carbocycles. The quantitative estimate of drug-likeness (QED) is 0.788. The average Bonchev–Trinajstić information content (AvgIpc) is 2.39. The third-order valence-corrected chi connectivity index (χ3v) is 4.59. The number of benzene rings is 1. The molecule has 2 N–H and O–H groups in total. The van der Waals surface area contributed by atoms with E-state index in [1.807, 2.05) is 0 Å². The monoisotopic (exact) mass is 354 g/mol. The van der Waals surface area contributed by atoms with Crippen molar-refractivity contribution >= 4 is 39.1 Å². The molecule has 9 heteroatoms. The van der Waals surface area contributed by atoms with Gasteiger partial charge in [0, 0.05) is 32.9 Å². The van der Waals surface area contributed by atoms with Gasteiger partial charge in [0.05, 0.1) is 10.0 Å². The fraction of sp³-hybridized carbons (Fsp3) is 0.417. The number of carbonyl (C=O) groups excluding carboxylic acids is 1. The Kier molecular flexibility index (Phi) is 6.42. The smallest absolute Gasteiger partial charge is 0.253 e. The summed E-state index contributed by atoms with van der Waals surface area (Å²) in [6.07, 6.45) is 0.655. The Hall–Kier alpha value is -0.860. The second-order valence-electron chi connectivity index (χ2n) is 4.39. The molecule has 0 fully saturated rings. The van der Waals surface area contributed by atoms with Gasteiger partial charge in [-0.1, -0.05) is 23.2 Å². The van der Waals surface area contributed by atoms with E-state index in [9.17, 15) is 13.2 Å². The highest BCUT2D eigenvalue weighted by molar-refractivity contribution is 7.89. The SMILES string of the molecule is COCCCN(C)C(=O)c1cc(Cl)c(Cl)c(S(N)(=O)=O)c1. The van der Waals surface area contributed by atoms with Crippen LogP contribution in [0.3, 0.4) is 0 Å². The van der Waals surface area contributed by atoms with Gasteiger partial charge in [-0.05, 0) is 18.6 Å². The van der Waals surface area contributed by atoms with E-state index >= 15 is 0 Å². The number of nitrogens with zero attached hydrogens (tertiary/aromatic N) is 1. The lowest BCUT2D eigenvalue weighted by Gasteiger charge is -2.18. The van der Waals surface area contributed by atoms with E-state index in [0.717, 1.165) is 6.07 Å². The molecule has 0 aliphatic carbocycles. The molecule has 21 heavy (non-hydrogen) atoms. The highest BCUT2D eigenvalue weighted by atomic mass is 35.5. The first-order valence-corrected chi connectivity index (χ1v) is 8.25. The van der Waals surface area contributed by atoms with Crippen LogP contribution in [-0.4, -0.2) is 46.5 Å². The fourth-order valence-electron chi connectivity index (χ4n) is 1.66. The number of sulfonamides is 1. The number of methoxy groups -OCH3 is 1. The lowest BCUT2D eigenvalue weighted by Crippen LogP contribution is -2.28.